The van der Waals surface area contributed by atoms with Crippen molar-refractivity contribution in [1.82, 2.24) is 4.98 Å². The third-order valence-electron chi connectivity index (χ3n) is 2.28. The van der Waals surface area contributed by atoms with E-state index in [9.17, 15) is 8.42 Å². The predicted molar refractivity (Wildman–Crippen MR) is 74.1 cm³/mol. The quantitative estimate of drug-likeness (QED) is 0.879. The smallest absolute Gasteiger partial charge is 0.263 e. The Balaban J connectivity index is 2.28. The number of aromatic nitrogens is 1. The van der Waals surface area contributed by atoms with Crippen molar-refractivity contribution in [2.24, 2.45) is 0 Å². The number of hydrogen-bond donors (Lipinski definition) is 1. The first-order chi connectivity index (χ1) is 8.62. The summed E-state index contributed by atoms with van der Waals surface area (Å²) in [6.07, 6.45) is 2.85. The molecular weight excluding hydrogens is 316 g/mol. The minimum atomic E-state index is -3.57. The van der Waals surface area contributed by atoms with E-state index >= 15 is 0 Å². The highest BCUT2D eigenvalue weighted by Crippen LogP contribution is 2.17. The summed E-state index contributed by atoms with van der Waals surface area (Å²) in [4.78, 5) is 3.95. The van der Waals surface area contributed by atoms with E-state index in [2.05, 4.69) is 25.6 Å². The molecule has 0 unspecified atom stereocenters. The van der Waals surface area contributed by atoms with Crippen molar-refractivity contribution in [2.45, 2.75) is 10.2 Å². The van der Waals surface area contributed by atoms with Gasteiger partial charge in [-0.2, -0.15) is 0 Å². The lowest BCUT2D eigenvalue weighted by Crippen LogP contribution is -2.13. The van der Waals surface area contributed by atoms with Crippen LogP contribution in [0.15, 0.2) is 53.7 Å². The maximum atomic E-state index is 12.0. The molecule has 6 heteroatoms. The van der Waals surface area contributed by atoms with Gasteiger partial charge in [-0.1, -0.05) is 28.1 Å². The van der Waals surface area contributed by atoms with Crippen LogP contribution in [-0.4, -0.2) is 13.4 Å². The zero-order valence-electron chi connectivity index (χ0n) is 9.38. The lowest BCUT2D eigenvalue weighted by Gasteiger charge is -2.08. The van der Waals surface area contributed by atoms with Gasteiger partial charge in [0.25, 0.3) is 10.0 Å². The van der Waals surface area contributed by atoms with Crippen LogP contribution in [0.5, 0.6) is 0 Å². The molecule has 18 heavy (non-hydrogen) atoms. The summed E-state index contributed by atoms with van der Waals surface area (Å²) in [6, 6.07) is 10.3. The Bertz CT molecular complexity index is 630. The minimum Gasteiger partial charge on any atom is -0.280 e. The van der Waals surface area contributed by atoms with Crippen LogP contribution >= 0.6 is 15.9 Å². The molecule has 1 aromatic carbocycles. The molecule has 1 N–H and O–H groups in total. The Morgan fingerprint density at radius 3 is 2.72 bits per heavy atom. The van der Waals surface area contributed by atoms with Crippen molar-refractivity contribution in [3.8, 4) is 0 Å². The van der Waals surface area contributed by atoms with Crippen LogP contribution in [0, 0.1) is 0 Å². The van der Waals surface area contributed by atoms with Crippen LogP contribution in [0.25, 0.3) is 0 Å². The van der Waals surface area contributed by atoms with E-state index in [0.29, 0.717) is 11.0 Å². The fourth-order valence-corrected chi connectivity index (χ4v) is 2.80. The number of pyridine rings is 1. The van der Waals surface area contributed by atoms with Crippen molar-refractivity contribution in [3.05, 3.63) is 54.4 Å². The largest absolute Gasteiger partial charge is 0.280 e. The first-order valence-electron chi connectivity index (χ1n) is 5.19. The van der Waals surface area contributed by atoms with Crippen LogP contribution in [-0.2, 0) is 15.4 Å². The second kappa shape index (κ2) is 5.49. The molecule has 1 heterocycles. The normalized spacial score (nSPS) is 11.2. The van der Waals surface area contributed by atoms with E-state index in [1.807, 2.05) is 6.07 Å². The first-order valence-corrected chi connectivity index (χ1v) is 7.80. The minimum absolute atomic E-state index is 0.147. The molecule has 0 aliphatic rings. The highest BCUT2D eigenvalue weighted by atomic mass is 79.9. The van der Waals surface area contributed by atoms with Crippen molar-refractivity contribution in [2.75, 3.05) is 4.72 Å². The first kappa shape index (κ1) is 13.0. The van der Waals surface area contributed by atoms with Crippen LogP contribution in [0.4, 0.5) is 5.69 Å². The van der Waals surface area contributed by atoms with E-state index in [4.69, 9.17) is 0 Å². The van der Waals surface area contributed by atoms with Crippen LogP contribution < -0.4 is 4.72 Å². The van der Waals surface area contributed by atoms with Gasteiger partial charge in [-0.3, -0.25) is 9.71 Å². The van der Waals surface area contributed by atoms with Gasteiger partial charge in [0.1, 0.15) is 4.90 Å². The van der Waals surface area contributed by atoms with Gasteiger partial charge in [0.05, 0.1) is 0 Å². The number of benzene rings is 1. The standard InChI is InChI=1S/C12H11BrN2O2S/c13-8-10-3-1-4-11(7-10)15-18(16,17)12-5-2-6-14-9-12/h1-7,9,15H,8H2. The van der Waals surface area contributed by atoms with Gasteiger partial charge in [0.15, 0.2) is 0 Å². The van der Waals surface area contributed by atoms with Gasteiger partial charge < -0.3 is 0 Å². The van der Waals surface area contributed by atoms with Crippen molar-refractivity contribution in [3.63, 3.8) is 0 Å². The average Bonchev–Trinajstić information content (AvgIpc) is 2.39. The summed E-state index contributed by atoms with van der Waals surface area (Å²) >= 11 is 3.33. The summed E-state index contributed by atoms with van der Waals surface area (Å²) in [5.41, 5.74) is 1.54. The van der Waals surface area contributed by atoms with Crippen LogP contribution in [0.2, 0.25) is 0 Å². The number of rotatable bonds is 4. The van der Waals surface area contributed by atoms with E-state index in [1.165, 1.54) is 18.5 Å². The molecule has 4 nitrogen and oxygen atoms in total. The molecule has 0 aliphatic heterocycles. The van der Waals surface area contributed by atoms with Gasteiger partial charge >= 0.3 is 0 Å². The Morgan fingerprint density at radius 1 is 1.22 bits per heavy atom. The van der Waals surface area contributed by atoms with E-state index < -0.39 is 10.0 Å². The molecule has 0 bridgehead atoms. The lowest BCUT2D eigenvalue weighted by atomic mass is 10.2. The zero-order valence-corrected chi connectivity index (χ0v) is 11.8. The molecule has 0 radical (unpaired) electrons. The van der Waals surface area contributed by atoms with E-state index in [1.54, 1.807) is 24.3 Å². The van der Waals surface area contributed by atoms with Crippen LogP contribution in [0.1, 0.15) is 5.56 Å². The van der Waals surface area contributed by atoms with Crippen molar-refractivity contribution < 1.29 is 8.42 Å². The van der Waals surface area contributed by atoms with Crippen LogP contribution in [0.3, 0.4) is 0 Å². The van der Waals surface area contributed by atoms with Crippen molar-refractivity contribution >= 4 is 31.6 Å². The number of nitrogens with zero attached hydrogens (tertiary/aromatic N) is 1. The van der Waals surface area contributed by atoms with Gasteiger partial charge in [-0.25, -0.2) is 8.42 Å². The predicted octanol–water partition coefficient (Wildman–Crippen LogP) is 2.78. The summed E-state index contributed by atoms with van der Waals surface area (Å²) in [6.45, 7) is 0. The fourth-order valence-electron chi connectivity index (χ4n) is 1.44. The second-order valence-corrected chi connectivity index (χ2v) is 5.87. The third-order valence-corrected chi connectivity index (χ3v) is 4.29. The summed E-state index contributed by atoms with van der Waals surface area (Å²) in [5, 5.41) is 0.676. The molecule has 0 spiro atoms. The third kappa shape index (κ3) is 3.08. The lowest BCUT2D eigenvalue weighted by molar-refractivity contribution is 0.601. The fraction of sp³-hybridized carbons (Fsp3) is 0.0833. The molecule has 0 amide bonds. The maximum absolute atomic E-state index is 12.0. The molecule has 0 fully saturated rings. The average molecular weight is 327 g/mol. The molecular formula is C12H11BrN2O2S. The van der Waals surface area contributed by atoms with E-state index in [-0.39, 0.29) is 4.90 Å². The highest BCUT2D eigenvalue weighted by Gasteiger charge is 2.13. The number of nitrogens with one attached hydrogen (secondary N) is 1. The van der Waals surface area contributed by atoms with Gasteiger partial charge in [-0.05, 0) is 29.8 Å². The maximum Gasteiger partial charge on any atom is 0.263 e. The summed E-state index contributed by atoms with van der Waals surface area (Å²) in [5.74, 6) is 0. The number of anilines is 1. The van der Waals surface area contributed by atoms with Crippen molar-refractivity contribution in [1.29, 1.82) is 0 Å². The zero-order chi connectivity index (χ0) is 13.0. The highest BCUT2D eigenvalue weighted by molar-refractivity contribution is 9.08. The van der Waals surface area contributed by atoms with Gasteiger partial charge in [0.2, 0.25) is 0 Å². The van der Waals surface area contributed by atoms with Gasteiger partial charge in [-0.15, -0.1) is 0 Å². The SMILES string of the molecule is O=S(=O)(Nc1cccc(CBr)c1)c1cccnc1. The molecule has 0 saturated heterocycles. The van der Waals surface area contributed by atoms with Gasteiger partial charge in [0, 0.05) is 23.4 Å². The monoisotopic (exact) mass is 326 g/mol. The number of sulfonamides is 1. The topological polar surface area (TPSA) is 59.1 Å². The summed E-state index contributed by atoms with van der Waals surface area (Å²) in [7, 11) is -3.57. The molecule has 1 aromatic heterocycles. The Labute approximate surface area is 114 Å². The molecule has 0 saturated carbocycles. The number of halogens is 1. The van der Waals surface area contributed by atoms with E-state index in [0.717, 1.165) is 5.56 Å². The Hall–Kier alpha value is -1.40. The number of hydrogen-bond acceptors (Lipinski definition) is 3. The Kier molecular flexibility index (Phi) is 3.98. The Morgan fingerprint density at radius 2 is 2.06 bits per heavy atom. The number of alkyl halides is 1. The second-order valence-electron chi connectivity index (χ2n) is 3.63. The molecule has 0 atom stereocenters. The molecule has 0 aliphatic carbocycles. The molecule has 94 valence electrons. The molecule has 2 aromatic rings. The molecule has 2 rings (SSSR count). The summed E-state index contributed by atoms with van der Waals surface area (Å²) < 4.78 is 26.6.